The number of carbonyl (C=O) groups excluding carboxylic acids is 5. The molecule has 22 heteroatoms. The van der Waals surface area contributed by atoms with E-state index in [1.807, 2.05) is 0 Å². The number of aryl methyl sites for hydroxylation is 1. The van der Waals surface area contributed by atoms with Crippen molar-refractivity contribution in [3.63, 3.8) is 0 Å². The van der Waals surface area contributed by atoms with Gasteiger partial charge in [-0.15, -0.1) is 0 Å². The molecule has 61 heavy (non-hydrogen) atoms. The van der Waals surface area contributed by atoms with Crippen LogP contribution >= 0.6 is 37.9 Å². The standard InChI is InChI=1S/C39H53F3N10O6S3/c1-52(15-13-46-34(54)27(43)20-59,19-33(53)51-36(56)29(45)22-61)14-5-10-31(49-35(55)28(44)21-60)38(58)50-32(12-11-23-6-4-8-25(16-23)39(40,41)42)37(57)48-26-17-24-7-2-3-9-30(24)47-18-26/h2-4,6-9,16-18,27-29,31-32H,5,10-15,19-22,43-45H2,1H3,(H7-,46,48,49,50,51,53,54,55,56,57,58,59,60,61)/t27?,28?,29?,31-,32+,52?/m0/s1. The van der Waals surface area contributed by atoms with Gasteiger partial charge < -0.3 is 48.1 Å². The lowest BCUT2D eigenvalue weighted by molar-refractivity contribution is -0.900. The maximum Gasteiger partial charge on any atom is 0.416 e. The van der Waals surface area contributed by atoms with E-state index >= 15 is 0 Å². The second kappa shape index (κ2) is 24.3. The van der Waals surface area contributed by atoms with E-state index in [2.05, 4.69) is 69.1 Å². The molecule has 5 amide bonds. The molecule has 1 aromatic heterocycles. The van der Waals surface area contributed by atoms with Gasteiger partial charge in [0.25, 0.3) is 5.91 Å². The number of quaternary nitrogens is 1. The zero-order valence-corrected chi connectivity index (χ0v) is 36.1. The number of halogens is 3. The summed E-state index contributed by atoms with van der Waals surface area (Å²) in [5.41, 5.74) is 17.7. The summed E-state index contributed by atoms with van der Waals surface area (Å²) in [6, 6.07) is 7.71. The Labute approximate surface area is 368 Å². The van der Waals surface area contributed by atoms with E-state index in [9.17, 15) is 42.3 Å². The fourth-order valence-electron chi connectivity index (χ4n) is 6.01. The summed E-state index contributed by atoms with van der Waals surface area (Å²) in [6.07, 6.45) is -3.29. The number of fused-ring (bicyclic) bond motifs is 1. The molecular weight excluding hydrogens is 858 g/mol. The topological polar surface area (TPSA) is 260 Å². The van der Waals surface area contributed by atoms with E-state index in [0.717, 1.165) is 12.1 Å². The second-order valence-electron chi connectivity index (χ2n) is 14.6. The van der Waals surface area contributed by atoms with Crippen LogP contribution < -0.4 is 43.6 Å². The highest BCUT2D eigenvalue weighted by Gasteiger charge is 2.32. The van der Waals surface area contributed by atoms with E-state index < -0.39 is 77.4 Å². The van der Waals surface area contributed by atoms with Crippen molar-refractivity contribution in [2.24, 2.45) is 22.2 Å². The Morgan fingerprint density at radius 1 is 0.820 bits per heavy atom. The number of aliphatic imine (C=N–C) groups is 1. The summed E-state index contributed by atoms with van der Waals surface area (Å²) in [4.78, 5) is 74.2. The number of likely N-dealkylation sites (N-methyl/N-ethyl adjacent to an activating group) is 1. The number of hydrogen-bond donors (Lipinski definition) is 10. The van der Waals surface area contributed by atoms with Gasteiger partial charge in [0.2, 0.25) is 23.6 Å². The zero-order valence-electron chi connectivity index (χ0n) is 33.4. The summed E-state index contributed by atoms with van der Waals surface area (Å²) in [7, 11) is 1.67. The molecule has 0 aliphatic heterocycles. The molecule has 0 aliphatic rings. The fraction of sp³-hybridized carbons (Fsp3) is 0.462. The van der Waals surface area contributed by atoms with E-state index in [4.69, 9.17) is 17.2 Å². The molecular formula is C39H53F3N10O6S3. The zero-order chi connectivity index (χ0) is 45.3. The molecule has 16 nitrogen and oxygen atoms in total. The number of aromatic nitrogens is 1. The minimum Gasteiger partial charge on any atom is -0.860 e. The Hall–Kier alpha value is -4.45. The van der Waals surface area contributed by atoms with Gasteiger partial charge in [-0.1, -0.05) is 36.4 Å². The number of rotatable bonds is 23. The van der Waals surface area contributed by atoms with Crippen molar-refractivity contribution in [2.45, 2.75) is 62.1 Å². The van der Waals surface area contributed by atoms with Gasteiger partial charge in [-0.2, -0.15) is 51.1 Å². The van der Waals surface area contributed by atoms with Crippen LogP contribution in [0.2, 0.25) is 0 Å². The summed E-state index contributed by atoms with van der Waals surface area (Å²) in [6.45, 7) is 0.0409. The predicted octanol–water partition coefficient (Wildman–Crippen LogP) is 0.194. The summed E-state index contributed by atoms with van der Waals surface area (Å²) in [5.74, 6) is -4.38. The number of para-hydroxylation sites is 1. The van der Waals surface area contributed by atoms with Gasteiger partial charge in [0.15, 0.2) is 6.54 Å². The van der Waals surface area contributed by atoms with E-state index in [1.165, 1.54) is 18.3 Å². The monoisotopic (exact) mass is 910 g/mol. The number of alkyl halides is 3. The van der Waals surface area contributed by atoms with Crippen molar-refractivity contribution in [2.75, 3.05) is 55.8 Å². The number of amides is 5. The molecule has 4 unspecified atom stereocenters. The van der Waals surface area contributed by atoms with Crippen LogP contribution in [0, 0.1) is 0 Å². The van der Waals surface area contributed by atoms with Crippen molar-refractivity contribution in [1.82, 2.24) is 20.9 Å². The molecule has 1 heterocycles. The molecule has 0 saturated heterocycles. The van der Waals surface area contributed by atoms with Gasteiger partial charge in [-0.25, -0.2) is 4.99 Å². The molecule has 0 spiro atoms. The lowest BCUT2D eigenvalue weighted by Crippen LogP contribution is -2.56. The third-order valence-electron chi connectivity index (χ3n) is 9.57. The third kappa shape index (κ3) is 16.7. The van der Waals surface area contributed by atoms with Gasteiger partial charge in [-0.3, -0.25) is 29.0 Å². The van der Waals surface area contributed by atoms with Gasteiger partial charge in [0.1, 0.15) is 12.1 Å². The maximum atomic E-state index is 14.1. The van der Waals surface area contributed by atoms with Gasteiger partial charge >= 0.3 is 6.18 Å². The van der Waals surface area contributed by atoms with E-state index in [0.29, 0.717) is 16.6 Å². The Kier molecular flexibility index (Phi) is 20.2. The van der Waals surface area contributed by atoms with Gasteiger partial charge in [0.05, 0.1) is 61.7 Å². The molecule has 6 atom stereocenters. The summed E-state index contributed by atoms with van der Waals surface area (Å²) >= 11 is 12.1. The summed E-state index contributed by atoms with van der Waals surface area (Å²) < 4.78 is 40.5. The average Bonchev–Trinajstić information content (AvgIpc) is 3.23. The molecule has 2 aromatic carbocycles. The quantitative estimate of drug-likeness (QED) is 0.0268. The number of hydrogen-bond acceptors (Lipinski definition) is 13. The normalized spacial score (nSPS) is 15.4. The van der Waals surface area contributed by atoms with Crippen molar-refractivity contribution in [3.8, 4) is 0 Å². The highest BCUT2D eigenvalue weighted by Crippen LogP contribution is 2.30. The lowest BCUT2D eigenvalue weighted by Gasteiger charge is -2.34. The second-order valence-corrected chi connectivity index (χ2v) is 15.7. The molecule has 334 valence electrons. The van der Waals surface area contributed by atoms with Crippen molar-refractivity contribution < 1.29 is 46.7 Å². The minimum absolute atomic E-state index is 0.0420. The van der Waals surface area contributed by atoms with E-state index in [-0.39, 0.29) is 79.2 Å². The average molecular weight is 911 g/mol. The SMILES string of the molecule is C[N+](CCC[C@H](NC(=O)C(N)CS)C(=O)N[C@H](CCc1cccc(C(F)(F)F)c1)C(=O)Nc1cnc2ccccc2c1)(CCNC(=O)C(N)CS)CC(=O)N=C([O-])C(N)CS. The molecule has 3 rings (SSSR count). The minimum atomic E-state index is -4.61. The largest absolute Gasteiger partial charge is 0.860 e. The van der Waals surface area contributed by atoms with Crippen molar-refractivity contribution >= 4 is 89.9 Å². The van der Waals surface area contributed by atoms with Crippen LogP contribution in [0.25, 0.3) is 10.9 Å². The third-order valence-corrected chi connectivity index (χ3v) is 10.8. The molecule has 0 radical (unpaired) electrons. The number of thiol groups is 3. The first-order valence-electron chi connectivity index (χ1n) is 19.2. The Morgan fingerprint density at radius 3 is 2.13 bits per heavy atom. The number of anilines is 1. The fourth-order valence-corrected chi connectivity index (χ4v) is 6.50. The van der Waals surface area contributed by atoms with Crippen LogP contribution in [-0.4, -0.2) is 126 Å². The van der Waals surface area contributed by atoms with Gasteiger partial charge in [-0.05, 0) is 55.3 Å². The van der Waals surface area contributed by atoms with Gasteiger partial charge in [0, 0.05) is 28.7 Å². The number of nitrogens with zero attached hydrogens (tertiary/aromatic N) is 3. The molecule has 0 aliphatic carbocycles. The Morgan fingerprint density at radius 2 is 1.46 bits per heavy atom. The van der Waals surface area contributed by atoms with Crippen LogP contribution in [0.4, 0.5) is 18.9 Å². The van der Waals surface area contributed by atoms with Crippen molar-refractivity contribution in [3.05, 3.63) is 71.9 Å². The number of nitrogens with two attached hydrogens (primary N) is 3. The molecule has 0 saturated carbocycles. The van der Waals surface area contributed by atoms with Crippen LogP contribution in [0.15, 0.2) is 65.8 Å². The Balaban J connectivity index is 1.89. The number of benzene rings is 2. The number of pyridine rings is 1. The van der Waals surface area contributed by atoms with Crippen LogP contribution in [0.1, 0.15) is 30.4 Å². The number of carbonyl (C=O) groups is 5. The van der Waals surface area contributed by atoms with Crippen LogP contribution in [0.3, 0.4) is 0 Å². The highest BCUT2D eigenvalue weighted by molar-refractivity contribution is 7.80. The van der Waals surface area contributed by atoms with Crippen molar-refractivity contribution in [1.29, 1.82) is 0 Å². The Bertz CT molecular complexity index is 2020. The van der Waals surface area contributed by atoms with Crippen LogP contribution in [-0.2, 0) is 36.6 Å². The molecule has 3 aromatic rings. The smallest absolute Gasteiger partial charge is 0.416 e. The lowest BCUT2D eigenvalue weighted by atomic mass is 10.0. The first-order valence-corrected chi connectivity index (χ1v) is 21.1. The number of nitrogens with one attached hydrogen (secondary N) is 4. The first-order chi connectivity index (χ1) is 28.8. The summed E-state index contributed by atoms with van der Waals surface area (Å²) in [5, 5.41) is 23.7. The van der Waals surface area contributed by atoms with E-state index in [1.54, 1.807) is 37.4 Å². The maximum absolute atomic E-state index is 14.1. The highest BCUT2D eigenvalue weighted by atomic mass is 32.1. The van der Waals surface area contributed by atoms with Crippen LogP contribution in [0.5, 0.6) is 0 Å². The molecule has 0 bridgehead atoms. The molecule has 0 fully saturated rings. The first kappa shape index (κ1) is 50.9. The predicted molar refractivity (Wildman–Crippen MR) is 235 cm³/mol. The molecule has 10 N–H and O–H groups in total.